The second-order valence-corrected chi connectivity index (χ2v) is 2.56. The molecule has 0 aromatic rings. The van der Waals surface area contributed by atoms with E-state index in [9.17, 15) is 0 Å². The van der Waals surface area contributed by atoms with E-state index in [1.165, 1.54) is 5.57 Å². The summed E-state index contributed by atoms with van der Waals surface area (Å²) in [5.41, 5.74) is 1.30. The third-order valence-electron chi connectivity index (χ3n) is 1.43. The topological polar surface area (TPSA) is 12.4 Å². The highest BCUT2D eigenvalue weighted by molar-refractivity contribution is 5.58. The molecule has 0 fully saturated rings. The highest BCUT2D eigenvalue weighted by Gasteiger charge is 1.96. The van der Waals surface area contributed by atoms with Gasteiger partial charge < -0.3 is 0 Å². The summed E-state index contributed by atoms with van der Waals surface area (Å²) in [5.74, 6) is 3.34. The van der Waals surface area contributed by atoms with Crippen LogP contribution in [-0.2, 0) is 0 Å². The lowest BCUT2D eigenvalue weighted by atomic mass is 10.0. The van der Waals surface area contributed by atoms with Crippen molar-refractivity contribution in [3.05, 3.63) is 30.0 Å². The summed E-state index contributed by atoms with van der Waals surface area (Å²) >= 11 is 0. The van der Waals surface area contributed by atoms with Crippen molar-refractivity contribution >= 4 is 5.87 Å². The predicted octanol–water partition coefficient (Wildman–Crippen LogP) is 2.32. The van der Waals surface area contributed by atoms with Crippen molar-refractivity contribution in [2.45, 2.75) is 13.8 Å². The normalized spacial score (nSPS) is 15.7. The molecule has 52 valence electrons. The van der Waals surface area contributed by atoms with Gasteiger partial charge in [0.1, 0.15) is 0 Å². The predicted molar refractivity (Wildman–Crippen MR) is 44.1 cm³/mol. The van der Waals surface area contributed by atoms with Crippen molar-refractivity contribution < 1.29 is 0 Å². The van der Waals surface area contributed by atoms with Crippen LogP contribution in [0.2, 0.25) is 0 Å². The van der Waals surface area contributed by atoms with Gasteiger partial charge in [0, 0.05) is 6.20 Å². The minimum atomic E-state index is 0.572. The van der Waals surface area contributed by atoms with Crippen LogP contribution in [0.1, 0.15) is 13.8 Å². The fraction of sp³-hybridized carbons (Fsp3) is 0.333. The van der Waals surface area contributed by atoms with E-state index in [4.69, 9.17) is 0 Å². The second-order valence-electron chi connectivity index (χ2n) is 2.56. The molecule has 0 aromatic heterocycles. The molecule has 1 nitrogen and oxygen atoms in total. The SMILES string of the molecule is CC(C)C1=CC=C=NC=C1. The molecule has 10 heavy (non-hydrogen) atoms. The van der Waals surface area contributed by atoms with Gasteiger partial charge in [-0.25, -0.2) is 4.99 Å². The third kappa shape index (κ3) is 1.71. The second kappa shape index (κ2) is 3.19. The molecule has 0 saturated carbocycles. The average Bonchev–Trinajstić information content (AvgIpc) is 2.12. The Kier molecular flexibility index (Phi) is 2.24. The molecule has 0 N–H and O–H groups in total. The summed E-state index contributed by atoms with van der Waals surface area (Å²) in [6.45, 7) is 4.32. The molecular formula is C9H11N. The fourth-order valence-electron chi connectivity index (χ4n) is 0.783. The largest absolute Gasteiger partial charge is 0.214 e. The Bertz CT molecular complexity index is 225. The van der Waals surface area contributed by atoms with Crippen molar-refractivity contribution in [2.75, 3.05) is 0 Å². The van der Waals surface area contributed by atoms with Crippen molar-refractivity contribution in [1.29, 1.82) is 0 Å². The van der Waals surface area contributed by atoms with Crippen LogP contribution in [0, 0.1) is 5.92 Å². The summed E-state index contributed by atoms with van der Waals surface area (Å²) < 4.78 is 0. The van der Waals surface area contributed by atoms with Crippen LogP contribution in [0.15, 0.2) is 35.0 Å². The van der Waals surface area contributed by atoms with E-state index in [1.54, 1.807) is 6.20 Å². The van der Waals surface area contributed by atoms with E-state index < -0.39 is 0 Å². The minimum Gasteiger partial charge on any atom is -0.214 e. The number of allylic oxidation sites excluding steroid dienone is 4. The van der Waals surface area contributed by atoms with E-state index in [0.717, 1.165) is 0 Å². The van der Waals surface area contributed by atoms with Gasteiger partial charge in [-0.15, -0.1) is 0 Å². The maximum Gasteiger partial charge on any atom is 0.0371 e. The van der Waals surface area contributed by atoms with E-state index in [1.807, 2.05) is 18.2 Å². The van der Waals surface area contributed by atoms with Crippen molar-refractivity contribution in [2.24, 2.45) is 10.9 Å². The third-order valence-corrected chi connectivity index (χ3v) is 1.43. The highest BCUT2D eigenvalue weighted by atomic mass is 14.6. The summed E-state index contributed by atoms with van der Waals surface area (Å²) in [6, 6.07) is 0. The summed E-state index contributed by atoms with van der Waals surface area (Å²) in [4.78, 5) is 3.87. The molecule has 1 aliphatic heterocycles. The number of hydrogen-bond donors (Lipinski definition) is 0. The molecule has 0 amide bonds. The van der Waals surface area contributed by atoms with Crippen LogP contribution in [0.3, 0.4) is 0 Å². The molecule has 1 rings (SSSR count). The van der Waals surface area contributed by atoms with Crippen LogP contribution in [0.4, 0.5) is 0 Å². The Morgan fingerprint density at radius 2 is 2.30 bits per heavy atom. The van der Waals surface area contributed by atoms with Crippen LogP contribution < -0.4 is 0 Å². The zero-order chi connectivity index (χ0) is 7.40. The van der Waals surface area contributed by atoms with Crippen LogP contribution in [0.25, 0.3) is 0 Å². The lowest BCUT2D eigenvalue weighted by molar-refractivity contribution is 0.792. The first-order valence-electron chi connectivity index (χ1n) is 3.46. The smallest absolute Gasteiger partial charge is 0.0371 e. The van der Waals surface area contributed by atoms with E-state index in [2.05, 4.69) is 24.7 Å². The van der Waals surface area contributed by atoms with Gasteiger partial charge in [-0.2, -0.15) is 0 Å². The van der Waals surface area contributed by atoms with Crippen molar-refractivity contribution in [3.63, 3.8) is 0 Å². The van der Waals surface area contributed by atoms with Gasteiger partial charge in [-0.05, 0) is 35.6 Å². The van der Waals surface area contributed by atoms with Crippen molar-refractivity contribution in [1.82, 2.24) is 0 Å². The molecule has 1 heteroatoms. The molecule has 1 heterocycles. The number of rotatable bonds is 1. The van der Waals surface area contributed by atoms with Gasteiger partial charge in [0.15, 0.2) is 0 Å². The molecule has 0 saturated heterocycles. The Hall–Kier alpha value is -1.07. The van der Waals surface area contributed by atoms with Gasteiger partial charge in [0.05, 0.1) is 0 Å². The van der Waals surface area contributed by atoms with E-state index in [0.29, 0.717) is 5.92 Å². The number of hydrogen-bond acceptors (Lipinski definition) is 1. The Labute approximate surface area is 61.5 Å². The standard InChI is InChI=1S/C9H11N/c1-8(2)9-4-3-6-10-7-5-9/h3-5,7-8H,1-2H3. The zero-order valence-corrected chi connectivity index (χ0v) is 6.33. The molecule has 0 radical (unpaired) electrons. The molecule has 0 atom stereocenters. The van der Waals surface area contributed by atoms with Crippen LogP contribution in [0.5, 0.6) is 0 Å². The van der Waals surface area contributed by atoms with Crippen molar-refractivity contribution in [3.8, 4) is 0 Å². The van der Waals surface area contributed by atoms with Crippen LogP contribution >= 0.6 is 0 Å². The molecular weight excluding hydrogens is 122 g/mol. The summed E-state index contributed by atoms with van der Waals surface area (Å²) in [5, 5.41) is 0. The van der Waals surface area contributed by atoms with Gasteiger partial charge in [0.25, 0.3) is 0 Å². The summed E-state index contributed by atoms with van der Waals surface area (Å²) in [6.07, 6.45) is 7.67. The molecule has 0 unspecified atom stereocenters. The first-order valence-corrected chi connectivity index (χ1v) is 3.46. The number of nitrogens with zero attached hydrogens (tertiary/aromatic N) is 1. The quantitative estimate of drug-likeness (QED) is 0.520. The maximum atomic E-state index is 3.87. The van der Waals surface area contributed by atoms with Crippen LogP contribution in [-0.4, -0.2) is 5.87 Å². The summed E-state index contributed by atoms with van der Waals surface area (Å²) in [7, 11) is 0. The lowest BCUT2D eigenvalue weighted by Gasteiger charge is -2.02. The molecule has 1 aliphatic rings. The van der Waals surface area contributed by atoms with Gasteiger partial charge in [-0.3, -0.25) is 0 Å². The molecule has 0 spiro atoms. The van der Waals surface area contributed by atoms with E-state index in [-0.39, 0.29) is 0 Å². The molecule has 0 aliphatic carbocycles. The van der Waals surface area contributed by atoms with Gasteiger partial charge in [0.2, 0.25) is 0 Å². The van der Waals surface area contributed by atoms with Gasteiger partial charge >= 0.3 is 0 Å². The monoisotopic (exact) mass is 133 g/mol. The first kappa shape index (κ1) is 7.04. The lowest BCUT2D eigenvalue weighted by Crippen LogP contribution is -1.88. The maximum absolute atomic E-state index is 3.87. The minimum absolute atomic E-state index is 0.572. The Morgan fingerprint density at radius 3 is 3.00 bits per heavy atom. The molecule has 0 bridgehead atoms. The fourth-order valence-corrected chi connectivity index (χ4v) is 0.783. The Morgan fingerprint density at radius 1 is 1.50 bits per heavy atom. The van der Waals surface area contributed by atoms with Gasteiger partial charge in [-0.1, -0.05) is 13.8 Å². The Balaban J connectivity index is 2.81. The zero-order valence-electron chi connectivity index (χ0n) is 6.33. The van der Waals surface area contributed by atoms with E-state index >= 15 is 0 Å². The molecule has 0 aromatic carbocycles. The first-order chi connectivity index (χ1) is 4.80. The highest BCUT2D eigenvalue weighted by Crippen LogP contribution is 2.11. The average molecular weight is 133 g/mol. The number of aliphatic imine (C=N–C) groups is 1.